The monoisotopic (exact) mass is 286 g/mol. The molecule has 0 spiro atoms. The molecule has 112 valence electrons. The van der Waals surface area contributed by atoms with Gasteiger partial charge in [-0.05, 0) is 37.3 Å². The summed E-state index contributed by atoms with van der Waals surface area (Å²) in [5.74, 6) is 0.0169. The molecule has 0 unspecified atom stereocenters. The molecular formula is C17H22N2O2. The maximum atomic E-state index is 11.9. The second-order valence-corrected chi connectivity index (χ2v) is 6.14. The third kappa shape index (κ3) is 2.95. The number of nitrogens with zero attached hydrogens (tertiary/aromatic N) is 1. The Morgan fingerprint density at radius 2 is 2.14 bits per heavy atom. The number of hydrogen-bond donors (Lipinski definition) is 2. The van der Waals surface area contributed by atoms with Crippen LogP contribution in [0.4, 0.5) is 0 Å². The Kier molecular flexibility index (Phi) is 3.72. The smallest absolute Gasteiger partial charge is 0.220 e. The zero-order valence-corrected chi connectivity index (χ0v) is 12.4. The van der Waals surface area contributed by atoms with Crippen molar-refractivity contribution in [3.63, 3.8) is 0 Å². The highest BCUT2D eigenvalue weighted by molar-refractivity contribution is 5.84. The molecular weight excluding hydrogens is 264 g/mol. The predicted molar refractivity (Wildman–Crippen MR) is 83.1 cm³/mol. The second kappa shape index (κ2) is 5.53. The number of carbonyl (C=O) groups is 1. The zero-order valence-electron chi connectivity index (χ0n) is 12.4. The first kappa shape index (κ1) is 14.1. The van der Waals surface area contributed by atoms with Crippen molar-refractivity contribution < 1.29 is 9.90 Å². The fourth-order valence-electron chi connectivity index (χ4n) is 2.99. The Labute approximate surface area is 124 Å². The van der Waals surface area contributed by atoms with Gasteiger partial charge in [0.1, 0.15) is 0 Å². The summed E-state index contributed by atoms with van der Waals surface area (Å²) < 4.78 is 2.10. The molecule has 1 amide bonds. The summed E-state index contributed by atoms with van der Waals surface area (Å²) in [6.45, 7) is 0.390. The number of aryl methyl sites for hydroxylation is 2. The minimum absolute atomic E-state index is 0.0169. The van der Waals surface area contributed by atoms with E-state index in [0.29, 0.717) is 13.0 Å². The third-order valence-electron chi connectivity index (χ3n) is 4.50. The van der Waals surface area contributed by atoms with E-state index >= 15 is 0 Å². The van der Waals surface area contributed by atoms with E-state index < -0.39 is 5.60 Å². The first-order chi connectivity index (χ1) is 10.1. The Morgan fingerprint density at radius 3 is 2.86 bits per heavy atom. The zero-order chi connectivity index (χ0) is 14.9. The molecule has 1 aromatic carbocycles. The first-order valence-electron chi connectivity index (χ1n) is 7.59. The van der Waals surface area contributed by atoms with Crippen LogP contribution >= 0.6 is 0 Å². The van der Waals surface area contributed by atoms with E-state index in [1.54, 1.807) is 0 Å². The third-order valence-corrected chi connectivity index (χ3v) is 4.50. The number of para-hydroxylation sites is 1. The van der Waals surface area contributed by atoms with Crippen LogP contribution in [0.5, 0.6) is 0 Å². The summed E-state index contributed by atoms with van der Waals surface area (Å²) in [7, 11) is 2.03. The fourth-order valence-corrected chi connectivity index (χ4v) is 2.99. The summed E-state index contributed by atoms with van der Waals surface area (Å²) in [6, 6.07) is 8.24. The molecule has 3 rings (SSSR count). The maximum Gasteiger partial charge on any atom is 0.220 e. The van der Waals surface area contributed by atoms with Crippen molar-refractivity contribution in [2.75, 3.05) is 6.54 Å². The van der Waals surface area contributed by atoms with Crippen LogP contribution in [-0.4, -0.2) is 27.7 Å². The molecule has 4 nitrogen and oxygen atoms in total. The lowest BCUT2D eigenvalue weighted by Gasteiger charge is -2.36. The van der Waals surface area contributed by atoms with Crippen molar-refractivity contribution in [3.8, 4) is 0 Å². The maximum absolute atomic E-state index is 11.9. The molecule has 1 fully saturated rings. The topological polar surface area (TPSA) is 54.3 Å². The van der Waals surface area contributed by atoms with Crippen LogP contribution in [-0.2, 0) is 18.3 Å². The van der Waals surface area contributed by atoms with Crippen molar-refractivity contribution in [1.29, 1.82) is 0 Å². The van der Waals surface area contributed by atoms with E-state index in [-0.39, 0.29) is 5.91 Å². The molecule has 0 bridgehead atoms. The molecule has 0 radical (unpaired) electrons. The quantitative estimate of drug-likeness (QED) is 0.885. The number of amides is 1. The number of rotatable bonds is 5. The molecule has 1 saturated carbocycles. The molecule has 2 aromatic rings. The molecule has 1 heterocycles. The van der Waals surface area contributed by atoms with E-state index in [1.807, 2.05) is 19.2 Å². The van der Waals surface area contributed by atoms with Crippen molar-refractivity contribution in [1.82, 2.24) is 9.88 Å². The minimum atomic E-state index is -0.644. The molecule has 21 heavy (non-hydrogen) atoms. The van der Waals surface area contributed by atoms with Gasteiger partial charge < -0.3 is 15.0 Å². The molecule has 1 aromatic heterocycles. The summed E-state index contributed by atoms with van der Waals surface area (Å²) in [6.07, 6.45) is 5.95. The number of carbonyl (C=O) groups excluding carboxylic acids is 1. The second-order valence-electron chi connectivity index (χ2n) is 6.14. The highest BCUT2D eigenvalue weighted by Crippen LogP contribution is 2.30. The first-order valence-corrected chi connectivity index (χ1v) is 7.59. The highest BCUT2D eigenvalue weighted by Gasteiger charge is 2.34. The molecule has 0 aliphatic heterocycles. The average molecular weight is 286 g/mol. The number of benzene rings is 1. The molecule has 4 heteroatoms. The van der Waals surface area contributed by atoms with Gasteiger partial charge in [0, 0.05) is 37.1 Å². The van der Waals surface area contributed by atoms with Crippen LogP contribution in [0.1, 0.15) is 31.2 Å². The van der Waals surface area contributed by atoms with Crippen LogP contribution in [0.15, 0.2) is 30.5 Å². The van der Waals surface area contributed by atoms with Gasteiger partial charge in [0.05, 0.1) is 5.60 Å². The number of fused-ring (bicyclic) bond motifs is 1. The van der Waals surface area contributed by atoms with Crippen LogP contribution in [0.3, 0.4) is 0 Å². The molecule has 2 N–H and O–H groups in total. The Bertz CT molecular complexity index is 656. The number of hydrogen-bond acceptors (Lipinski definition) is 2. The van der Waals surface area contributed by atoms with Crippen LogP contribution in [0.25, 0.3) is 10.9 Å². The standard InChI is InChI=1S/C17H22N2O2/c1-19-11-13(14-5-2-3-6-15(14)19)7-8-16(20)18-12-17(21)9-4-10-17/h2-3,5-6,11,21H,4,7-10,12H2,1H3,(H,18,20). The molecule has 1 aliphatic carbocycles. The Morgan fingerprint density at radius 1 is 1.38 bits per heavy atom. The summed E-state index contributed by atoms with van der Waals surface area (Å²) in [4.78, 5) is 11.9. The fraction of sp³-hybridized carbons (Fsp3) is 0.471. The van der Waals surface area contributed by atoms with Crippen LogP contribution in [0.2, 0.25) is 0 Å². The van der Waals surface area contributed by atoms with Crippen molar-refractivity contribution in [2.45, 2.75) is 37.7 Å². The Balaban J connectivity index is 1.57. The van der Waals surface area contributed by atoms with E-state index in [2.05, 4.69) is 28.2 Å². The average Bonchev–Trinajstić information content (AvgIpc) is 2.78. The van der Waals surface area contributed by atoms with E-state index in [0.717, 1.165) is 25.7 Å². The van der Waals surface area contributed by atoms with Gasteiger partial charge in [0.25, 0.3) is 0 Å². The highest BCUT2D eigenvalue weighted by atomic mass is 16.3. The van der Waals surface area contributed by atoms with Gasteiger partial charge in [-0.2, -0.15) is 0 Å². The normalized spacial score (nSPS) is 16.7. The van der Waals surface area contributed by atoms with E-state index in [9.17, 15) is 9.90 Å². The predicted octanol–water partition coefficient (Wildman–Crippen LogP) is 2.14. The minimum Gasteiger partial charge on any atom is -0.388 e. The molecule has 0 atom stereocenters. The van der Waals surface area contributed by atoms with Crippen LogP contribution in [0, 0.1) is 0 Å². The van der Waals surface area contributed by atoms with Gasteiger partial charge in [0.15, 0.2) is 0 Å². The lowest BCUT2D eigenvalue weighted by atomic mass is 9.80. The summed E-state index contributed by atoms with van der Waals surface area (Å²) >= 11 is 0. The van der Waals surface area contributed by atoms with Gasteiger partial charge in [-0.15, -0.1) is 0 Å². The molecule has 1 aliphatic rings. The summed E-state index contributed by atoms with van der Waals surface area (Å²) in [5.41, 5.74) is 1.75. The largest absolute Gasteiger partial charge is 0.388 e. The van der Waals surface area contributed by atoms with E-state index in [4.69, 9.17) is 0 Å². The van der Waals surface area contributed by atoms with Crippen molar-refractivity contribution in [2.24, 2.45) is 7.05 Å². The van der Waals surface area contributed by atoms with Gasteiger partial charge in [-0.1, -0.05) is 18.2 Å². The SMILES string of the molecule is Cn1cc(CCC(=O)NCC2(O)CCC2)c2ccccc21. The summed E-state index contributed by atoms with van der Waals surface area (Å²) in [5, 5.41) is 14.0. The lowest BCUT2D eigenvalue weighted by Crippen LogP contribution is -2.47. The van der Waals surface area contributed by atoms with Gasteiger partial charge in [-0.25, -0.2) is 0 Å². The van der Waals surface area contributed by atoms with Gasteiger partial charge >= 0.3 is 0 Å². The van der Waals surface area contributed by atoms with Gasteiger partial charge in [-0.3, -0.25) is 4.79 Å². The molecule has 0 saturated heterocycles. The Hall–Kier alpha value is -1.81. The van der Waals surface area contributed by atoms with Crippen molar-refractivity contribution >= 4 is 16.8 Å². The van der Waals surface area contributed by atoms with Crippen molar-refractivity contribution in [3.05, 3.63) is 36.0 Å². The number of aromatic nitrogens is 1. The van der Waals surface area contributed by atoms with E-state index in [1.165, 1.54) is 16.5 Å². The van der Waals surface area contributed by atoms with Crippen LogP contribution < -0.4 is 5.32 Å². The lowest BCUT2D eigenvalue weighted by molar-refractivity contribution is -0.123. The number of aliphatic hydroxyl groups is 1. The number of nitrogens with one attached hydrogen (secondary N) is 1. The van der Waals surface area contributed by atoms with Gasteiger partial charge in [0.2, 0.25) is 5.91 Å².